The summed E-state index contributed by atoms with van der Waals surface area (Å²) in [4.78, 5) is 18.9. The predicted molar refractivity (Wildman–Crippen MR) is 95.4 cm³/mol. The van der Waals surface area contributed by atoms with Crippen LogP contribution in [0.3, 0.4) is 0 Å². The predicted octanol–water partition coefficient (Wildman–Crippen LogP) is 3.44. The Morgan fingerprint density at radius 1 is 1.25 bits per heavy atom. The molecule has 4 rings (SSSR count). The van der Waals surface area contributed by atoms with Gasteiger partial charge in [-0.1, -0.05) is 12.1 Å². The fourth-order valence-corrected chi connectivity index (χ4v) is 4.20. The summed E-state index contributed by atoms with van der Waals surface area (Å²) in [6.07, 6.45) is 3.72. The molecule has 1 aliphatic heterocycles. The first-order valence-electron chi connectivity index (χ1n) is 8.10. The van der Waals surface area contributed by atoms with Crippen molar-refractivity contribution in [3.63, 3.8) is 0 Å². The number of hydrogen-bond donors (Lipinski definition) is 1. The zero-order valence-corrected chi connectivity index (χ0v) is 14.3. The van der Waals surface area contributed by atoms with Crippen LogP contribution in [0.1, 0.15) is 23.8 Å². The number of aryl methyl sites for hydroxylation is 1. The maximum atomic E-state index is 12.3. The van der Waals surface area contributed by atoms with Gasteiger partial charge in [-0.05, 0) is 25.0 Å². The van der Waals surface area contributed by atoms with E-state index in [4.69, 9.17) is 4.98 Å². The van der Waals surface area contributed by atoms with Crippen molar-refractivity contribution in [1.82, 2.24) is 19.7 Å². The van der Waals surface area contributed by atoms with Gasteiger partial charge in [-0.15, -0.1) is 11.3 Å². The number of urea groups is 1. The van der Waals surface area contributed by atoms with Crippen LogP contribution >= 0.6 is 11.3 Å². The number of rotatable bonds is 2. The Kier molecular flexibility index (Phi) is 3.93. The second kappa shape index (κ2) is 6.24. The quantitative estimate of drug-likeness (QED) is 0.776. The van der Waals surface area contributed by atoms with Gasteiger partial charge in [-0.3, -0.25) is 10.00 Å². The third-order valence-corrected chi connectivity index (χ3v) is 5.59. The monoisotopic (exact) mass is 341 g/mol. The van der Waals surface area contributed by atoms with E-state index in [1.54, 1.807) is 22.1 Å². The van der Waals surface area contributed by atoms with E-state index in [1.165, 1.54) is 9.71 Å². The van der Waals surface area contributed by atoms with E-state index in [9.17, 15) is 4.79 Å². The summed E-state index contributed by atoms with van der Waals surface area (Å²) in [7, 11) is 1.83. The van der Waals surface area contributed by atoms with Crippen molar-refractivity contribution >= 4 is 33.4 Å². The van der Waals surface area contributed by atoms with Gasteiger partial charge in [0.25, 0.3) is 0 Å². The molecule has 0 unspecified atom stereocenters. The number of nitrogens with zero attached hydrogens (tertiary/aromatic N) is 4. The zero-order chi connectivity index (χ0) is 16.5. The number of nitrogens with one attached hydrogen (secondary N) is 1. The molecular weight excluding hydrogens is 322 g/mol. The van der Waals surface area contributed by atoms with Crippen LogP contribution in [0.4, 0.5) is 10.6 Å². The maximum absolute atomic E-state index is 12.3. The number of carbonyl (C=O) groups excluding carboxylic acids is 1. The minimum atomic E-state index is -0.0727. The van der Waals surface area contributed by atoms with Crippen molar-refractivity contribution in [2.45, 2.75) is 18.8 Å². The van der Waals surface area contributed by atoms with E-state index in [-0.39, 0.29) is 6.03 Å². The summed E-state index contributed by atoms with van der Waals surface area (Å²) in [5.74, 6) is 1.04. The molecule has 2 aromatic heterocycles. The summed E-state index contributed by atoms with van der Waals surface area (Å²) >= 11 is 1.78. The Bertz CT molecular complexity index is 830. The highest BCUT2D eigenvalue weighted by molar-refractivity contribution is 7.18. The highest BCUT2D eigenvalue weighted by atomic mass is 32.1. The summed E-state index contributed by atoms with van der Waals surface area (Å²) in [5.41, 5.74) is 1.08. The van der Waals surface area contributed by atoms with Gasteiger partial charge in [0, 0.05) is 38.3 Å². The number of piperidine rings is 1. The van der Waals surface area contributed by atoms with Gasteiger partial charge in [0.15, 0.2) is 5.82 Å². The highest BCUT2D eigenvalue weighted by Crippen LogP contribution is 2.33. The van der Waals surface area contributed by atoms with Crippen molar-refractivity contribution in [3.8, 4) is 0 Å². The molecule has 124 valence electrons. The molecule has 7 heteroatoms. The Balaban J connectivity index is 1.38. The largest absolute Gasteiger partial charge is 0.324 e. The van der Waals surface area contributed by atoms with Crippen molar-refractivity contribution in [2.24, 2.45) is 7.05 Å². The number of aromatic nitrogens is 3. The van der Waals surface area contributed by atoms with Crippen molar-refractivity contribution in [2.75, 3.05) is 18.4 Å². The van der Waals surface area contributed by atoms with Gasteiger partial charge in [0.2, 0.25) is 0 Å². The fraction of sp³-hybridized carbons (Fsp3) is 0.353. The molecule has 1 aromatic carbocycles. The molecule has 1 saturated heterocycles. The molecule has 0 aliphatic carbocycles. The number of hydrogen-bond acceptors (Lipinski definition) is 4. The van der Waals surface area contributed by atoms with Crippen LogP contribution < -0.4 is 5.32 Å². The molecule has 1 fully saturated rings. The number of benzene rings is 1. The normalized spacial score (nSPS) is 15.8. The molecule has 1 aliphatic rings. The summed E-state index contributed by atoms with van der Waals surface area (Å²) in [6, 6.07) is 9.98. The number of amides is 2. The molecule has 0 spiro atoms. The average molecular weight is 341 g/mol. The fourth-order valence-electron chi connectivity index (χ4n) is 3.06. The third kappa shape index (κ3) is 2.99. The Hall–Kier alpha value is -2.41. The number of para-hydroxylation sites is 1. The lowest BCUT2D eigenvalue weighted by molar-refractivity contribution is 0.194. The summed E-state index contributed by atoms with van der Waals surface area (Å²) in [6.45, 7) is 1.50. The van der Waals surface area contributed by atoms with Crippen molar-refractivity contribution < 1.29 is 4.79 Å². The molecule has 1 N–H and O–H groups in total. The third-order valence-electron chi connectivity index (χ3n) is 4.39. The number of carbonyl (C=O) groups is 1. The van der Waals surface area contributed by atoms with E-state index >= 15 is 0 Å². The van der Waals surface area contributed by atoms with E-state index in [1.807, 2.05) is 24.2 Å². The Labute approximate surface area is 144 Å². The van der Waals surface area contributed by atoms with Crippen molar-refractivity contribution in [3.05, 3.63) is 41.5 Å². The van der Waals surface area contributed by atoms with E-state index in [0.29, 0.717) is 11.7 Å². The van der Waals surface area contributed by atoms with Crippen LogP contribution in [0.15, 0.2) is 36.5 Å². The first-order chi connectivity index (χ1) is 11.7. The molecule has 2 amide bonds. The molecule has 3 heterocycles. The lowest BCUT2D eigenvalue weighted by atomic mass is 9.98. The van der Waals surface area contributed by atoms with Crippen LogP contribution in [-0.2, 0) is 7.05 Å². The first-order valence-corrected chi connectivity index (χ1v) is 8.92. The minimum Gasteiger partial charge on any atom is -0.324 e. The lowest BCUT2D eigenvalue weighted by Gasteiger charge is -2.30. The summed E-state index contributed by atoms with van der Waals surface area (Å²) in [5, 5.41) is 8.23. The van der Waals surface area contributed by atoms with Crippen LogP contribution in [0.25, 0.3) is 10.2 Å². The van der Waals surface area contributed by atoms with E-state index in [0.717, 1.165) is 31.4 Å². The first kappa shape index (κ1) is 15.1. The van der Waals surface area contributed by atoms with Crippen LogP contribution in [0.5, 0.6) is 0 Å². The number of anilines is 1. The summed E-state index contributed by atoms with van der Waals surface area (Å²) < 4.78 is 2.91. The standard InChI is InChI=1S/C17H19N5OS/c1-21-9-8-15(20-21)19-17(23)22-10-6-12(7-11-22)16-18-13-4-2-3-5-14(13)24-16/h2-5,8-9,12H,6-7,10-11H2,1H3,(H,19,20,23). The molecular formula is C17H19N5OS. The molecule has 0 saturated carbocycles. The second-order valence-electron chi connectivity index (χ2n) is 6.09. The smallest absolute Gasteiger partial charge is 0.323 e. The number of fused-ring (bicyclic) bond motifs is 1. The average Bonchev–Trinajstić information content (AvgIpc) is 3.21. The van der Waals surface area contributed by atoms with Gasteiger partial charge in [0.05, 0.1) is 15.2 Å². The SMILES string of the molecule is Cn1ccc(NC(=O)N2CCC(c3nc4ccccc4s3)CC2)n1. The van der Waals surface area contributed by atoms with Gasteiger partial charge in [-0.25, -0.2) is 9.78 Å². The van der Waals surface area contributed by atoms with Gasteiger partial charge in [0.1, 0.15) is 0 Å². The van der Waals surface area contributed by atoms with Gasteiger partial charge >= 0.3 is 6.03 Å². The molecule has 0 atom stereocenters. The van der Waals surface area contributed by atoms with Crippen LogP contribution in [-0.4, -0.2) is 38.8 Å². The Morgan fingerprint density at radius 2 is 2.04 bits per heavy atom. The molecule has 3 aromatic rings. The molecule has 6 nitrogen and oxygen atoms in total. The second-order valence-corrected chi connectivity index (χ2v) is 7.15. The lowest BCUT2D eigenvalue weighted by Crippen LogP contribution is -2.40. The topological polar surface area (TPSA) is 63.1 Å². The number of thiazole rings is 1. The molecule has 0 bridgehead atoms. The van der Waals surface area contributed by atoms with Gasteiger partial charge in [-0.2, -0.15) is 5.10 Å². The zero-order valence-electron chi connectivity index (χ0n) is 13.5. The molecule has 24 heavy (non-hydrogen) atoms. The van der Waals surface area contributed by atoms with Crippen LogP contribution in [0.2, 0.25) is 0 Å². The van der Waals surface area contributed by atoms with Crippen molar-refractivity contribution in [1.29, 1.82) is 0 Å². The van der Waals surface area contributed by atoms with E-state index < -0.39 is 0 Å². The highest BCUT2D eigenvalue weighted by Gasteiger charge is 2.26. The Morgan fingerprint density at radius 3 is 2.75 bits per heavy atom. The maximum Gasteiger partial charge on any atom is 0.323 e. The van der Waals surface area contributed by atoms with Gasteiger partial charge < -0.3 is 4.90 Å². The van der Waals surface area contributed by atoms with Crippen LogP contribution in [0, 0.1) is 0 Å². The molecule has 0 radical (unpaired) electrons. The minimum absolute atomic E-state index is 0.0727. The van der Waals surface area contributed by atoms with E-state index in [2.05, 4.69) is 28.6 Å². The number of likely N-dealkylation sites (tertiary alicyclic amines) is 1.